The molecule has 0 radical (unpaired) electrons. The summed E-state index contributed by atoms with van der Waals surface area (Å²) in [4.78, 5) is 2.43. The van der Waals surface area contributed by atoms with Gasteiger partial charge >= 0.3 is 10.1 Å². The van der Waals surface area contributed by atoms with Gasteiger partial charge in [0.15, 0.2) is 11.5 Å². The third-order valence-electron chi connectivity index (χ3n) is 6.72. The number of hydrogen-bond donors (Lipinski definition) is 1. The number of fused-ring (bicyclic) bond motifs is 4. The first-order chi connectivity index (χ1) is 16.4. The standard InChI is InChI=1S/C26H27NO6S/c1-31-24-9-8-17-13-23-21-12-19(16-28)25(32-2)14-18(21)10-11-27(23)15-22(17)26(24)33-34(29,30)20-6-4-3-5-7-20/h3-9,12,14,23,28H,10-11,13,15-16H2,1-2H3. The first-order valence-electron chi connectivity index (χ1n) is 11.2. The number of ether oxygens (including phenoxy) is 2. The summed E-state index contributed by atoms with van der Waals surface area (Å²) < 4.78 is 42.7. The van der Waals surface area contributed by atoms with E-state index < -0.39 is 10.1 Å². The van der Waals surface area contributed by atoms with Gasteiger partial charge in [0.25, 0.3) is 0 Å². The molecule has 0 fully saturated rings. The molecule has 0 spiro atoms. The predicted octanol–water partition coefficient (Wildman–Crippen LogP) is 3.62. The van der Waals surface area contributed by atoms with Crippen LogP contribution in [0.4, 0.5) is 0 Å². The predicted molar refractivity (Wildman–Crippen MR) is 127 cm³/mol. The summed E-state index contributed by atoms with van der Waals surface area (Å²) in [6, 6.07) is 16.1. The van der Waals surface area contributed by atoms with Crippen molar-refractivity contribution in [3.8, 4) is 17.2 Å². The molecule has 0 saturated heterocycles. The van der Waals surface area contributed by atoms with E-state index in [4.69, 9.17) is 13.7 Å². The Bertz CT molecular complexity index is 1320. The van der Waals surface area contributed by atoms with Crippen molar-refractivity contribution >= 4 is 10.1 Å². The molecule has 0 saturated carbocycles. The highest BCUT2D eigenvalue weighted by molar-refractivity contribution is 7.87. The number of nitrogens with zero attached hydrogens (tertiary/aromatic N) is 1. The average Bonchev–Trinajstić information content (AvgIpc) is 2.87. The van der Waals surface area contributed by atoms with Crippen molar-refractivity contribution in [1.82, 2.24) is 4.90 Å². The molecule has 2 heterocycles. The minimum absolute atomic E-state index is 0.0910. The maximum Gasteiger partial charge on any atom is 0.339 e. The molecule has 1 atom stereocenters. The zero-order valence-corrected chi connectivity index (χ0v) is 20.0. The van der Waals surface area contributed by atoms with E-state index in [-0.39, 0.29) is 23.3 Å². The Morgan fingerprint density at radius 1 is 1.00 bits per heavy atom. The van der Waals surface area contributed by atoms with Crippen LogP contribution in [0.1, 0.15) is 33.9 Å². The van der Waals surface area contributed by atoms with E-state index >= 15 is 0 Å². The Labute approximate surface area is 199 Å². The van der Waals surface area contributed by atoms with E-state index in [2.05, 4.69) is 4.90 Å². The molecule has 0 bridgehead atoms. The third kappa shape index (κ3) is 3.91. The molecule has 1 unspecified atom stereocenters. The lowest BCUT2D eigenvalue weighted by Gasteiger charge is -2.42. The minimum atomic E-state index is -4.01. The largest absolute Gasteiger partial charge is 0.496 e. The van der Waals surface area contributed by atoms with Crippen LogP contribution in [-0.2, 0) is 36.1 Å². The number of benzene rings is 3. The number of hydrogen-bond acceptors (Lipinski definition) is 7. The highest BCUT2D eigenvalue weighted by Crippen LogP contribution is 2.45. The molecule has 5 rings (SSSR count). The summed E-state index contributed by atoms with van der Waals surface area (Å²) in [5.74, 6) is 1.35. The Morgan fingerprint density at radius 3 is 2.47 bits per heavy atom. The summed E-state index contributed by atoms with van der Waals surface area (Å²) >= 11 is 0. The topological polar surface area (TPSA) is 85.3 Å². The summed E-state index contributed by atoms with van der Waals surface area (Å²) in [7, 11) is -0.888. The molecule has 34 heavy (non-hydrogen) atoms. The van der Waals surface area contributed by atoms with Crippen LogP contribution in [-0.4, -0.2) is 39.2 Å². The van der Waals surface area contributed by atoms with Gasteiger partial charge in [-0.15, -0.1) is 0 Å². The molecule has 0 amide bonds. The van der Waals surface area contributed by atoms with Gasteiger partial charge in [-0.25, -0.2) is 0 Å². The molecular formula is C26H27NO6S. The van der Waals surface area contributed by atoms with Gasteiger partial charge in [-0.1, -0.05) is 24.3 Å². The van der Waals surface area contributed by atoms with Gasteiger partial charge in [-0.2, -0.15) is 8.42 Å². The highest BCUT2D eigenvalue weighted by atomic mass is 32.2. The molecule has 1 N–H and O–H groups in total. The summed E-state index contributed by atoms with van der Waals surface area (Å²) in [6.07, 6.45) is 1.54. The van der Waals surface area contributed by atoms with Crippen LogP contribution in [0.3, 0.4) is 0 Å². The second-order valence-corrected chi connectivity index (χ2v) is 10.1. The fourth-order valence-electron chi connectivity index (χ4n) is 4.99. The lowest BCUT2D eigenvalue weighted by Crippen LogP contribution is -2.39. The smallest absolute Gasteiger partial charge is 0.339 e. The van der Waals surface area contributed by atoms with Crippen LogP contribution in [0, 0.1) is 0 Å². The van der Waals surface area contributed by atoms with Gasteiger partial charge < -0.3 is 18.8 Å². The van der Waals surface area contributed by atoms with Gasteiger partial charge in [-0.05, 0) is 59.9 Å². The highest BCUT2D eigenvalue weighted by Gasteiger charge is 2.36. The molecule has 7 nitrogen and oxygen atoms in total. The normalized spacial score (nSPS) is 17.3. The number of methoxy groups -OCH3 is 2. The lowest BCUT2D eigenvalue weighted by atomic mass is 9.83. The van der Waals surface area contributed by atoms with E-state index in [9.17, 15) is 13.5 Å². The Balaban J connectivity index is 1.54. The number of rotatable bonds is 6. The lowest BCUT2D eigenvalue weighted by molar-refractivity contribution is 0.158. The van der Waals surface area contributed by atoms with Crippen LogP contribution in [0.25, 0.3) is 0 Å². The van der Waals surface area contributed by atoms with Gasteiger partial charge in [-0.3, -0.25) is 4.90 Å². The number of aliphatic hydroxyl groups excluding tert-OH is 1. The maximum atomic E-state index is 13.0. The van der Waals surface area contributed by atoms with E-state index in [1.807, 2.05) is 18.2 Å². The van der Waals surface area contributed by atoms with E-state index in [0.717, 1.165) is 29.7 Å². The molecule has 2 aliphatic heterocycles. The Morgan fingerprint density at radius 2 is 1.76 bits per heavy atom. The molecule has 178 valence electrons. The molecule has 0 aliphatic carbocycles. The van der Waals surface area contributed by atoms with Crippen molar-refractivity contribution in [2.45, 2.75) is 36.9 Å². The molecule has 0 aromatic heterocycles. The van der Waals surface area contributed by atoms with Crippen LogP contribution >= 0.6 is 0 Å². The van der Waals surface area contributed by atoms with Gasteiger partial charge in [0, 0.05) is 30.3 Å². The maximum absolute atomic E-state index is 13.0. The van der Waals surface area contributed by atoms with Crippen molar-refractivity contribution < 1.29 is 27.2 Å². The fraction of sp³-hybridized carbons (Fsp3) is 0.308. The second kappa shape index (κ2) is 8.94. The Hall–Kier alpha value is -3.07. The van der Waals surface area contributed by atoms with Gasteiger partial charge in [0.2, 0.25) is 0 Å². The summed E-state index contributed by atoms with van der Waals surface area (Å²) in [5.41, 5.74) is 5.01. The van der Waals surface area contributed by atoms with Crippen molar-refractivity contribution in [3.05, 3.63) is 82.4 Å². The van der Waals surface area contributed by atoms with Crippen molar-refractivity contribution in [3.63, 3.8) is 0 Å². The van der Waals surface area contributed by atoms with E-state index in [1.165, 1.54) is 30.4 Å². The third-order valence-corrected chi connectivity index (χ3v) is 7.96. The van der Waals surface area contributed by atoms with Crippen LogP contribution in [0.15, 0.2) is 59.5 Å². The first-order valence-corrected chi connectivity index (χ1v) is 12.6. The zero-order valence-electron chi connectivity index (χ0n) is 19.2. The summed E-state index contributed by atoms with van der Waals surface area (Å²) in [5, 5.41) is 9.82. The minimum Gasteiger partial charge on any atom is -0.496 e. The SMILES string of the molecule is COc1cc2c(cc1CO)C1Cc3ccc(OC)c(OS(=O)(=O)c4ccccc4)c3CN1CC2. The zero-order chi connectivity index (χ0) is 23.9. The number of aliphatic hydroxyl groups is 1. The van der Waals surface area contributed by atoms with Crippen LogP contribution in [0.2, 0.25) is 0 Å². The van der Waals surface area contributed by atoms with Crippen LogP contribution < -0.4 is 13.7 Å². The van der Waals surface area contributed by atoms with Gasteiger partial charge in [0.05, 0.1) is 20.8 Å². The quantitative estimate of drug-likeness (QED) is 0.538. The molecular weight excluding hydrogens is 454 g/mol. The van der Waals surface area contributed by atoms with Crippen molar-refractivity contribution in [2.24, 2.45) is 0 Å². The van der Waals surface area contributed by atoms with Gasteiger partial charge in [0.1, 0.15) is 10.6 Å². The van der Waals surface area contributed by atoms with Crippen LogP contribution in [0.5, 0.6) is 17.2 Å². The molecule has 3 aromatic carbocycles. The van der Waals surface area contributed by atoms with E-state index in [1.54, 1.807) is 31.4 Å². The average molecular weight is 482 g/mol. The van der Waals surface area contributed by atoms with Crippen molar-refractivity contribution in [1.29, 1.82) is 0 Å². The Kier molecular flexibility index (Phi) is 5.97. The van der Waals surface area contributed by atoms with Crippen molar-refractivity contribution in [2.75, 3.05) is 20.8 Å². The fourth-order valence-corrected chi connectivity index (χ4v) is 5.98. The summed E-state index contributed by atoms with van der Waals surface area (Å²) in [6.45, 7) is 1.27. The molecule has 3 aromatic rings. The monoisotopic (exact) mass is 481 g/mol. The molecule has 8 heteroatoms. The first kappa shape index (κ1) is 22.7. The van der Waals surface area contributed by atoms with E-state index in [0.29, 0.717) is 24.5 Å². The molecule has 2 aliphatic rings. The second-order valence-electron chi connectivity index (χ2n) is 8.55.